The summed E-state index contributed by atoms with van der Waals surface area (Å²) in [5.41, 5.74) is 17.9. The molecule has 0 radical (unpaired) electrons. The van der Waals surface area contributed by atoms with Crippen LogP contribution >= 0.6 is 24.0 Å². The molecule has 1 aromatic carbocycles. The summed E-state index contributed by atoms with van der Waals surface area (Å²) < 4.78 is 10.5. The average Bonchev–Trinajstić information content (AvgIpc) is 2.71. The molecule has 31 heavy (non-hydrogen) atoms. The van der Waals surface area contributed by atoms with Crippen LogP contribution in [0.15, 0.2) is 29.3 Å². The van der Waals surface area contributed by atoms with Crippen molar-refractivity contribution in [1.82, 2.24) is 15.3 Å². The Hall–Kier alpha value is -2.82. The average molecular weight is 472 g/mol. The van der Waals surface area contributed by atoms with E-state index in [0.717, 1.165) is 25.0 Å². The summed E-state index contributed by atoms with van der Waals surface area (Å²) in [6.07, 6.45) is 2.62. The number of rotatable bonds is 10. The molecule has 12 heteroatoms. The van der Waals surface area contributed by atoms with Crippen LogP contribution in [0.1, 0.15) is 28.9 Å². The highest BCUT2D eigenvalue weighted by atomic mass is 35.5. The number of amides is 1. The molecule has 0 saturated carbocycles. The maximum absolute atomic E-state index is 12.2. The zero-order valence-electron chi connectivity index (χ0n) is 17.1. The lowest BCUT2D eigenvalue weighted by atomic mass is 10.1. The molecule has 0 spiro atoms. The predicted molar refractivity (Wildman–Crippen MR) is 124 cm³/mol. The summed E-state index contributed by atoms with van der Waals surface area (Å²) in [6, 6.07) is 7.94. The highest BCUT2D eigenvalue weighted by Crippen LogP contribution is 2.17. The minimum atomic E-state index is -0.657. The molecule has 0 aliphatic rings. The number of carbonyl (C=O) groups is 1. The first-order valence-electron chi connectivity index (χ1n) is 9.31. The first-order valence-corrected chi connectivity index (χ1v) is 9.69. The topological polar surface area (TPSA) is 164 Å². The maximum atomic E-state index is 12.2. The zero-order chi connectivity index (χ0) is 21.9. The molecular weight excluding hydrogens is 445 g/mol. The fourth-order valence-electron chi connectivity index (χ4n) is 2.46. The number of ether oxygens (including phenoxy) is 2. The molecule has 1 heterocycles. The minimum Gasteiger partial charge on any atom is -0.491 e. The molecule has 2 rings (SSSR count). The van der Waals surface area contributed by atoms with Gasteiger partial charge in [0.25, 0.3) is 5.91 Å². The fourth-order valence-corrected chi connectivity index (χ4v) is 2.59. The van der Waals surface area contributed by atoms with Crippen molar-refractivity contribution in [3.05, 3.63) is 40.7 Å². The Morgan fingerprint density at radius 1 is 1.13 bits per heavy atom. The van der Waals surface area contributed by atoms with Crippen LogP contribution in [0.4, 0.5) is 11.6 Å². The second kappa shape index (κ2) is 13.5. The van der Waals surface area contributed by atoms with Crippen molar-refractivity contribution >= 4 is 47.5 Å². The van der Waals surface area contributed by atoms with E-state index in [0.29, 0.717) is 19.8 Å². The lowest BCUT2D eigenvalue weighted by Crippen LogP contribution is -2.38. The van der Waals surface area contributed by atoms with Gasteiger partial charge >= 0.3 is 0 Å². The number of nitrogen functional groups attached to an aromatic ring is 2. The Balaban J connectivity index is 0.00000480. The van der Waals surface area contributed by atoms with Crippen LogP contribution in [0.3, 0.4) is 0 Å². The monoisotopic (exact) mass is 471 g/mol. The van der Waals surface area contributed by atoms with Crippen LogP contribution in [0, 0.1) is 0 Å². The SMILES string of the molecule is COCCOc1ccc(CCCCN=C(N)NC(=O)c2nc(Cl)c(N)nc2N)cc1.Cl. The molecule has 0 bridgehead atoms. The standard InChI is InChI=1S/C19H26ClN7O3.ClH/c1-29-10-11-30-13-7-5-12(6-8-13)4-2-3-9-24-19(23)27-18(28)14-16(21)26-17(22)15(20)25-14;/h5-8H,2-4,9-11H2,1H3,(H4,21,22,26)(H3,23,24,27,28);1H. The Labute approximate surface area is 192 Å². The van der Waals surface area contributed by atoms with Crippen molar-refractivity contribution < 1.29 is 14.3 Å². The quantitative estimate of drug-likeness (QED) is 0.231. The number of benzene rings is 1. The molecule has 2 aromatic rings. The van der Waals surface area contributed by atoms with Crippen LogP contribution in [0.25, 0.3) is 0 Å². The first-order chi connectivity index (χ1) is 14.4. The first kappa shape index (κ1) is 26.2. The number of nitrogens with two attached hydrogens (primary N) is 3. The molecule has 1 aromatic heterocycles. The lowest BCUT2D eigenvalue weighted by Gasteiger charge is -2.07. The number of carbonyl (C=O) groups excluding carboxylic acids is 1. The molecule has 7 N–H and O–H groups in total. The van der Waals surface area contributed by atoms with E-state index in [1.54, 1.807) is 7.11 Å². The number of guanidine groups is 1. The van der Waals surface area contributed by atoms with Gasteiger partial charge in [-0.1, -0.05) is 23.7 Å². The van der Waals surface area contributed by atoms with E-state index in [-0.39, 0.29) is 40.8 Å². The Morgan fingerprint density at radius 2 is 1.84 bits per heavy atom. The summed E-state index contributed by atoms with van der Waals surface area (Å²) in [4.78, 5) is 23.8. The number of nitrogens with one attached hydrogen (secondary N) is 1. The van der Waals surface area contributed by atoms with Crippen LogP contribution in [-0.2, 0) is 11.2 Å². The van der Waals surface area contributed by atoms with Crippen LogP contribution in [0.5, 0.6) is 5.75 Å². The Morgan fingerprint density at radius 3 is 2.52 bits per heavy atom. The molecular formula is C19H27Cl2N7O3. The molecule has 0 saturated heterocycles. The van der Waals surface area contributed by atoms with Crippen molar-refractivity contribution in [1.29, 1.82) is 0 Å². The van der Waals surface area contributed by atoms with E-state index in [1.165, 1.54) is 5.56 Å². The van der Waals surface area contributed by atoms with Gasteiger partial charge in [0.1, 0.15) is 12.4 Å². The third kappa shape index (κ3) is 8.83. The number of methoxy groups -OCH3 is 1. The zero-order valence-corrected chi connectivity index (χ0v) is 18.7. The molecule has 0 atom stereocenters. The van der Waals surface area contributed by atoms with Gasteiger partial charge in [0.05, 0.1) is 6.61 Å². The van der Waals surface area contributed by atoms with Crippen molar-refractivity contribution in [2.24, 2.45) is 10.7 Å². The van der Waals surface area contributed by atoms with Gasteiger partial charge in [-0.3, -0.25) is 15.1 Å². The smallest absolute Gasteiger partial charge is 0.280 e. The second-order valence-corrected chi connectivity index (χ2v) is 6.65. The molecule has 0 aliphatic carbocycles. The number of unbranched alkanes of at least 4 members (excludes halogenated alkanes) is 1. The summed E-state index contributed by atoms with van der Waals surface area (Å²) in [6.45, 7) is 1.55. The number of aryl methyl sites for hydroxylation is 1. The van der Waals surface area contributed by atoms with Crippen LogP contribution in [0.2, 0.25) is 5.15 Å². The fraction of sp³-hybridized carbons (Fsp3) is 0.368. The van der Waals surface area contributed by atoms with E-state index >= 15 is 0 Å². The van der Waals surface area contributed by atoms with Gasteiger partial charge in [0.2, 0.25) is 0 Å². The third-order valence-corrected chi connectivity index (χ3v) is 4.27. The summed E-state index contributed by atoms with van der Waals surface area (Å²) in [7, 11) is 1.64. The Bertz CT molecular complexity index is 880. The van der Waals surface area contributed by atoms with E-state index in [1.807, 2.05) is 24.3 Å². The molecule has 170 valence electrons. The molecule has 0 fully saturated rings. The molecule has 0 aliphatic heterocycles. The Kier molecular flexibility index (Phi) is 11.4. The normalized spacial score (nSPS) is 11.0. The van der Waals surface area contributed by atoms with E-state index in [2.05, 4.69) is 20.3 Å². The van der Waals surface area contributed by atoms with Gasteiger partial charge in [-0.05, 0) is 37.0 Å². The second-order valence-electron chi connectivity index (χ2n) is 6.30. The van der Waals surface area contributed by atoms with Gasteiger partial charge < -0.3 is 26.7 Å². The number of anilines is 2. The number of aliphatic imine (C=N–C) groups is 1. The van der Waals surface area contributed by atoms with Crippen molar-refractivity contribution in [3.8, 4) is 5.75 Å². The molecule has 1 amide bonds. The van der Waals surface area contributed by atoms with Gasteiger partial charge in [-0.2, -0.15) is 0 Å². The predicted octanol–water partition coefficient (Wildman–Crippen LogP) is 1.81. The largest absolute Gasteiger partial charge is 0.491 e. The van der Waals surface area contributed by atoms with Gasteiger partial charge in [-0.25, -0.2) is 9.97 Å². The summed E-state index contributed by atoms with van der Waals surface area (Å²) in [5, 5.41) is 2.29. The number of hydrogen-bond donors (Lipinski definition) is 4. The third-order valence-electron chi connectivity index (χ3n) is 4.00. The highest BCUT2D eigenvalue weighted by molar-refractivity contribution is 6.31. The number of halogens is 2. The van der Waals surface area contributed by atoms with E-state index < -0.39 is 5.91 Å². The van der Waals surface area contributed by atoms with Gasteiger partial charge in [0, 0.05) is 13.7 Å². The van der Waals surface area contributed by atoms with Crippen molar-refractivity contribution in [2.75, 3.05) is 38.3 Å². The number of nitrogens with zero attached hydrogens (tertiary/aromatic N) is 3. The molecule has 10 nitrogen and oxygen atoms in total. The van der Waals surface area contributed by atoms with Crippen molar-refractivity contribution in [2.45, 2.75) is 19.3 Å². The van der Waals surface area contributed by atoms with Crippen LogP contribution < -0.4 is 27.3 Å². The van der Waals surface area contributed by atoms with Gasteiger partial charge in [-0.15, -0.1) is 12.4 Å². The van der Waals surface area contributed by atoms with E-state index in [4.69, 9.17) is 38.3 Å². The molecule has 0 unspecified atom stereocenters. The van der Waals surface area contributed by atoms with E-state index in [9.17, 15) is 4.79 Å². The lowest BCUT2D eigenvalue weighted by molar-refractivity contribution is 0.0972. The van der Waals surface area contributed by atoms with Crippen molar-refractivity contribution in [3.63, 3.8) is 0 Å². The summed E-state index contributed by atoms with van der Waals surface area (Å²) in [5.74, 6) is -0.0720. The van der Waals surface area contributed by atoms with Crippen LogP contribution in [-0.4, -0.2) is 48.7 Å². The highest BCUT2D eigenvalue weighted by Gasteiger charge is 2.16. The maximum Gasteiger partial charge on any atom is 0.280 e. The van der Waals surface area contributed by atoms with Gasteiger partial charge in [0.15, 0.2) is 28.4 Å². The summed E-state index contributed by atoms with van der Waals surface area (Å²) >= 11 is 5.76. The minimum absolute atomic E-state index is 0. The number of hydrogen-bond acceptors (Lipinski definition) is 8. The number of aromatic nitrogens is 2.